The van der Waals surface area contributed by atoms with Crippen LogP contribution in [0.15, 0.2) is 47.1 Å². The Kier molecular flexibility index (Phi) is 4.39. The van der Waals surface area contributed by atoms with E-state index >= 15 is 0 Å². The Morgan fingerprint density at radius 3 is 1.76 bits per heavy atom. The molecule has 1 aliphatic heterocycles. The van der Waals surface area contributed by atoms with Crippen molar-refractivity contribution in [2.45, 2.75) is 27.7 Å². The Labute approximate surface area is 152 Å². The van der Waals surface area contributed by atoms with E-state index in [0.29, 0.717) is 5.69 Å². The molecule has 25 heavy (non-hydrogen) atoms. The molecular formula is C20H19ClN2O2. The van der Waals surface area contributed by atoms with Crippen LogP contribution in [-0.2, 0) is 9.59 Å². The van der Waals surface area contributed by atoms with Gasteiger partial charge < -0.3 is 5.32 Å². The second-order valence-corrected chi connectivity index (χ2v) is 6.86. The lowest BCUT2D eigenvalue weighted by Crippen LogP contribution is -2.32. The number of halogens is 1. The van der Waals surface area contributed by atoms with Gasteiger partial charge in [-0.25, -0.2) is 4.90 Å². The molecular weight excluding hydrogens is 336 g/mol. The first-order valence-corrected chi connectivity index (χ1v) is 8.36. The molecule has 0 spiro atoms. The average molecular weight is 355 g/mol. The third-order valence-electron chi connectivity index (χ3n) is 3.98. The molecule has 3 rings (SSSR count). The number of nitrogens with zero attached hydrogens (tertiary/aromatic N) is 1. The second kappa shape index (κ2) is 6.37. The summed E-state index contributed by atoms with van der Waals surface area (Å²) in [6.45, 7) is 7.78. The minimum Gasteiger partial charge on any atom is -0.350 e. The topological polar surface area (TPSA) is 49.4 Å². The minimum absolute atomic E-state index is 0.0941. The monoisotopic (exact) mass is 354 g/mol. The van der Waals surface area contributed by atoms with E-state index in [1.54, 1.807) is 12.1 Å². The fraction of sp³-hybridized carbons (Fsp3) is 0.200. The number of amides is 2. The summed E-state index contributed by atoms with van der Waals surface area (Å²) < 4.78 is 0. The minimum atomic E-state index is -0.511. The maximum Gasteiger partial charge on any atom is 0.283 e. The molecule has 2 aromatic carbocycles. The quantitative estimate of drug-likeness (QED) is 0.833. The van der Waals surface area contributed by atoms with Gasteiger partial charge in [-0.1, -0.05) is 23.7 Å². The highest BCUT2D eigenvalue weighted by Gasteiger charge is 2.39. The molecule has 0 unspecified atom stereocenters. The molecule has 2 aromatic rings. The van der Waals surface area contributed by atoms with Crippen molar-refractivity contribution < 1.29 is 9.59 Å². The van der Waals surface area contributed by atoms with Crippen molar-refractivity contribution in [2.24, 2.45) is 0 Å². The smallest absolute Gasteiger partial charge is 0.283 e. The number of hydrogen-bond donors (Lipinski definition) is 1. The lowest BCUT2D eigenvalue weighted by Gasteiger charge is -2.16. The summed E-state index contributed by atoms with van der Waals surface area (Å²) in [7, 11) is 0. The largest absolute Gasteiger partial charge is 0.350 e. The van der Waals surface area contributed by atoms with Gasteiger partial charge >= 0.3 is 0 Å². The van der Waals surface area contributed by atoms with Crippen LogP contribution in [0.3, 0.4) is 0 Å². The zero-order valence-corrected chi connectivity index (χ0v) is 15.4. The first-order chi connectivity index (χ1) is 11.8. The van der Waals surface area contributed by atoms with E-state index in [1.165, 1.54) is 0 Å². The molecule has 0 aliphatic carbocycles. The summed E-state index contributed by atoms with van der Waals surface area (Å²) in [4.78, 5) is 26.5. The van der Waals surface area contributed by atoms with E-state index in [0.717, 1.165) is 32.8 Å². The first-order valence-electron chi connectivity index (χ1n) is 7.98. The standard InChI is InChI=1S/C20H19ClN2O2/c1-11-5-12(2)8-15(7-11)22-18-17(21)19(24)23(20(18)25)16-9-13(3)6-14(4)10-16/h5-10,22H,1-4H3. The molecule has 128 valence electrons. The van der Waals surface area contributed by atoms with Crippen molar-refractivity contribution in [3.05, 3.63) is 69.4 Å². The maximum atomic E-state index is 12.8. The molecule has 0 radical (unpaired) electrons. The van der Waals surface area contributed by atoms with Crippen LogP contribution in [0.4, 0.5) is 11.4 Å². The second-order valence-electron chi connectivity index (χ2n) is 6.48. The third-order valence-corrected chi connectivity index (χ3v) is 4.33. The van der Waals surface area contributed by atoms with E-state index in [4.69, 9.17) is 11.6 Å². The lowest BCUT2D eigenvalue weighted by atomic mass is 10.1. The Balaban J connectivity index is 1.96. The Hall–Kier alpha value is -2.59. The molecule has 0 saturated heterocycles. The maximum absolute atomic E-state index is 12.8. The van der Waals surface area contributed by atoms with Gasteiger partial charge in [-0.15, -0.1) is 0 Å². The Morgan fingerprint density at radius 2 is 1.24 bits per heavy atom. The Morgan fingerprint density at radius 1 is 0.760 bits per heavy atom. The van der Waals surface area contributed by atoms with Crippen LogP contribution < -0.4 is 10.2 Å². The molecule has 1 N–H and O–H groups in total. The average Bonchev–Trinajstić information content (AvgIpc) is 2.69. The van der Waals surface area contributed by atoms with Gasteiger partial charge in [0.15, 0.2) is 0 Å². The highest BCUT2D eigenvalue weighted by Crippen LogP contribution is 2.31. The first kappa shape index (κ1) is 17.2. The van der Waals surface area contributed by atoms with Gasteiger partial charge in [0.1, 0.15) is 10.7 Å². The summed E-state index contributed by atoms with van der Waals surface area (Å²) in [5, 5.41) is 2.92. The number of benzene rings is 2. The van der Waals surface area contributed by atoms with Crippen molar-refractivity contribution in [2.75, 3.05) is 10.2 Å². The lowest BCUT2D eigenvalue weighted by molar-refractivity contribution is -0.120. The van der Waals surface area contributed by atoms with Gasteiger partial charge in [-0.2, -0.15) is 0 Å². The summed E-state index contributed by atoms with van der Waals surface area (Å²) in [5.41, 5.74) is 5.43. The number of hydrogen-bond acceptors (Lipinski definition) is 3. The van der Waals surface area contributed by atoms with Gasteiger partial charge in [-0.3, -0.25) is 9.59 Å². The van der Waals surface area contributed by atoms with Crippen molar-refractivity contribution in [1.82, 2.24) is 0 Å². The fourth-order valence-corrected chi connectivity index (χ4v) is 3.33. The van der Waals surface area contributed by atoms with Crippen LogP contribution in [0.25, 0.3) is 0 Å². The van der Waals surface area contributed by atoms with Crippen LogP contribution in [-0.4, -0.2) is 11.8 Å². The highest BCUT2D eigenvalue weighted by molar-refractivity contribution is 6.53. The molecule has 0 fully saturated rings. The number of nitrogens with one attached hydrogen (secondary N) is 1. The van der Waals surface area contributed by atoms with Crippen molar-refractivity contribution in [1.29, 1.82) is 0 Å². The van der Waals surface area contributed by atoms with Crippen LogP contribution in [0.1, 0.15) is 22.3 Å². The molecule has 0 bridgehead atoms. The highest BCUT2D eigenvalue weighted by atomic mass is 35.5. The van der Waals surface area contributed by atoms with E-state index in [9.17, 15) is 9.59 Å². The molecule has 4 nitrogen and oxygen atoms in total. The van der Waals surface area contributed by atoms with Crippen LogP contribution in [0, 0.1) is 27.7 Å². The van der Waals surface area contributed by atoms with Crippen molar-refractivity contribution in [3.63, 3.8) is 0 Å². The summed E-state index contributed by atoms with van der Waals surface area (Å²) >= 11 is 6.18. The van der Waals surface area contributed by atoms with E-state index in [2.05, 4.69) is 5.32 Å². The van der Waals surface area contributed by atoms with Gasteiger partial charge in [0, 0.05) is 5.69 Å². The number of rotatable bonds is 3. The molecule has 0 aromatic heterocycles. The number of aryl methyl sites for hydroxylation is 4. The van der Waals surface area contributed by atoms with E-state index in [-0.39, 0.29) is 10.7 Å². The molecule has 1 heterocycles. The number of carbonyl (C=O) groups excluding carboxylic acids is 2. The molecule has 5 heteroatoms. The number of anilines is 2. The van der Waals surface area contributed by atoms with Gasteiger partial charge in [-0.05, 0) is 74.2 Å². The van der Waals surface area contributed by atoms with Crippen LogP contribution in [0.2, 0.25) is 0 Å². The van der Waals surface area contributed by atoms with Gasteiger partial charge in [0.2, 0.25) is 0 Å². The molecule has 0 atom stereocenters. The van der Waals surface area contributed by atoms with Crippen LogP contribution in [0.5, 0.6) is 0 Å². The fourth-order valence-electron chi connectivity index (χ4n) is 3.12. The normalized spacial score (nSPS) is 14.5. The molecule has 1 aliphatic rings. The summed E-state index contributed by atoms with van der Waals surface area (Å²) in [5.74, 6) is -0.956. The SMILES string of the molecule is Cc1cc(C)cc(NC2=C(Cl)C(=O)N(c3cc(C)cc(C)c3)C2=O)c1. The number of carbonyl (C=O) groups is 2. The number of imide groups is 1. The van der Waals surface area contributed by atoms with Crippen molar-refractivity contribution in [3.8, 4) is 0 Å². The zero-order valence-electron chi connectivity index (χ0n) is 14.6. The molecule has 0 saturated carbocycles. The van der Waals surface area contributed by atoms with Crippen LogP contribution >= 0.6 is 11.6 Å². The van der Waals surface area contributed by atoms with Crippen molar-refractivity contribution >= 4 is 34.8 Å². The third kappa shape index (κ3) is 3.30. The summed E-state index contributed by atoms with van der Waals surface area (Å²) in [6.07, 6.45) is 0. The van der Waals surface area contributed by atoms with Gasteiger partial charge in [0.25, 0.3) is 11.8 Å². The summed E-state index contributed by atoms with van der Waals surface area (Å²) in [6, 6.07) is 11.4. The molecule has 2 amide bonds. The predicted molar refractivity (Wildman–Crippen MR) is 101 cm³/mol. The van der Waals surface area contributed by atoms with E-state index < -0.39 is 11.8 Å². The zero-order chi connectivity index (χ0) is 18.3. The Bertz CT molecular complexity index is 891. The van der Waals surface area contributed by atoms with E-state index in [1.807, 2.05) is 52.0 Å². The predicted octanol–water partition coefficient (Wildman–Crippen LogP) is 4.36. The van der Waals surface area contributed by atoms with Gasteiger partial charge in [0.05, 0.1) is 5.69 Å².